The Bertz CT molecular complexity index is 451. The molecule has 0 bridgehead atoms. The average Bonchev–Trinajstić information content (AvgIpc) is 2.58. The fourth-order valence-electron chi connectivity index (χ4n) is 1.42. The van der Waals surface area contributed by atoms with Crippen LogP contribution in [0.2, 0.25) is 0 Å². The van der Waals surface area contributed by atoms with E-state index in [1.165, 1.54) is 0 Å². The van der Waals surface area contributed by atoms with Crippen molar-refractivity contribution in [1.82, 2.24) is 5.32 Å². The number of amides is 2. The van der Waals surface area contributed by atoms with Gasteiger partial charge in [-0.3, -0.25) is 14.9 Å². The molecule has 1 N–H and O–H groups in total. The molecule has 0 saturated carbocycles. The Balaban J connectivity index is 2.42. The van der Waals surface area contributed by atoms with E-state index >= 15 is 0 Å². The molecule has 1 aliphatic heterocycles. The van der Waals surface area contributed by atoms with Crippen molar-refractivity contribution < 1.29 is 9.59 Å². The van der Waals surface area contributed by atoms with E-state index in [9.17, 15) is 9.59 Å². The molecule has 0 atom stereocenters. The summed E-state index contributed by atoms with van der Waals surface area (Å²) in [6.07, 6.45) is 0.0621. The number of benzene rings is 1. The van der Waals surface area contributed by atoms with Crippen molar-refractivity contribution in [1.29, 1.82) is 0 Å². The summed E-state index contributed by atoms with van der Waals surface area (Å²) in [7, 11) is 0. The van der Waals surface area contributed by atoms with Gasteiger partial charge in [0.25, 0.3) is 5.91 Å². The molecule has 1 saturated heterocycles. The Labute approximate surface area is 91.7 Å². The first kappa shape index (κ1) is 9.93. The molecule has 1 fully saturated rings. The van der Waals surface area contributed by atoms with E-state index in [1.54, 1.807) is 12.1 Å². The maximum absolute atomic E-state index is 11.3. The second-order valence-corrected chi connectivity index (χ2v) is 3.59. The molecule has 1 aromatic rings. The van der Waals surface area contributed by atoms with Crippen LogP contribution in [0.4, 0.5) is 0 Å². The minimum absolute atomic E-state index is 0.0621. The first-order valence-electron chi connectivity index (χ1n) is 4.47. The first-order valence-corrected chi connectivity index (χ1v) is 4.84. The molecule has 0 spiro atoms. The Morgan fingerprint density at radius 2 is 1.87 bits per heavy atom. The quantitative estimate of drug-likeness (QED) is 0.579. The van der Waals surface area contributed by atoms with Gasteiger partial charge in [-0.15, -0.1) is 0 Å². The average molecular weight is 222 g/mol. The van der Waals surface area contributed by atoms with Crippen molar-refractivity contribution in [2.24, 2.45) is 0 Å². The van der Waals surface area contributed by atoms with Gasteiger partial charge in [0, 0.05) is 5.57 Å². The second kappa shape index (κ2) is 3.87. The van der Waals surface area contributed by atoms with Crippen LogP contribution in [-0.4, -0.2) is 11.8 Å². The standard InChI is InChI=1S/C11H8ClNO2/c12-10(7-4-2-1-3-5-7)8-6-9(14)13-11(8)15/h1-5H,6H2,(H,13,14,15). The predicted molar refractivity (Wildman–Crippen MR) is 57.0 cm³/mol. The van der Waals surface area contributed by atoms with Crippen LogP contribution in [0.15, 0.2) is 35.9 Å². The van der Waals surface area contributed by atoms with Crippen LogP contribution in [0.25, 0.3) is 5.03 Å². The molecule has 1 heterocycles. The molecule has 4 heteroatoms. The van der Waals surface area contributed by atoms with Crippen molar-refractivity contribution in [3.05, 3.63) is 41.5 Å². The summed E-state index contributed by atoms with van der Waals surface area (Å²) in [4.78, 5) is 22.3. The first-order chi connectivity index (χ1) is 7.18. The number of imide groups is 1. The smallest absolute Gasteiger partial charge is 0.255 e. The topological polar surface area (TPSA) is 46.2 Å². The lowest BCUT2D eigenvalue weighted by molar-refractivity contribution is -0.124. The molecule has 15 heavy (non-hydrogen) atoms. The van der Waals surface area contributed by atoms with E-state index < -0.39 is 5.91 Å². The minimum Gasteiger partial charge on any atom is -0.292 e. The van der Waals surface area contributed by atoms with E-state index in [1.807, 2.05) is 18.2 Å². The predicted octanol–water partition coefficient (Wildman–Crippen LogP) is 1.68. The van der Waals surface area contributed by atoms with Crippen LogP contribution < -0.4 is 5.32 Å². The van der Waals surface area contributed by atoms with E-state index in [-0.39, 0.29) is 12.3 Å². The lowest BCUT2D eigenvalue weighted by Crippen LogP contribution is -2.19. The van der Waals surface area contributed by atoms with Gasteiger partial charge >= 0.3 is 0 Å². The zero-order chi connectivity index (χ0) is 10.8. The maximum Gasteiger partial charge on any atom is 0.255 e. The van der Waals surface area contributed by atoms with E-state index in [2.05, 4.69) is 5.32 Å². The lowest BCUT2D eigenvalue weighted by Gasteiger charge is -2.00. The van der Waals surface area contributed by atoms with Gasteiger partial charge in [0.05, 0.1) is 11.5 Å². The summed E-state index contributed by atoms with van der Waals surface area (Å²) >= 11 is 6.04. The second-order valence-electron chi connectivity index (χ2n) is 3.21. The van der Waals surface area contributed by atoms with Crippen molar-refractivity contribution in [3.8, 4) is 0 Å². The number of carbonyl (C=O) groups is 2. The van der Waals surface area contributed by atoms with Crippen LogP contribution in [0.3, 0.4) is 0 Å². The molecule has 0 unspecified atom stereocenters. The number of rotatable bonds is 1. The zero-order valence-electron chi connectivity index (χ0n) is 7.79. The third-order valence-electron chi connectivity index (χ3n) is 2.16. The van der Waals surface area contributed by atoms with Crippen LogP contribution in [0.1, 0.15) is 12.0 Å². The van der Waals surface area contributed by atoms with Crippen molar-refractivity contribution >= 4 is 28.4 Å². The Hall–Kier alpha value is -1.61. The van der Waals surface area contributed by atoms with Gasteiger partial charge in [0.1, 0.15) is 0 Å². The highest BCUT2D eigenvalue weighted by atomic mass is 35.5. The van der Waals surface area contributed by atoms with Gasteiger partial charge in [-0.2, -0.15) is 0 Å². The van der Waals surface area contributed by atoms with Crippen molar-refractivity contribution in [2.75, 3.05) is 0 Å². The normalized spacial score (nSPS) is 19.0. The summed E-state index contributed by atoms with van der Waals surface area (Å²) < 4.78 is 0. The SMILES string of the molecule is O=C1CC(=C(Cl)c2ccccc2)C(=O)N1. The molecule has 0 aromatic heterocycles. The number of halogens is 1. The minimum atomic E-state index is -0.395. The summed E-state index contributed by atoms with van der Waals surface area (Å²) in [5.74, 6) is -0.696. The number of hydrogen-bond acceptors (Lipinski definition) is 2. The van der Waals surface area contributed by atoms with Crippen LogP contribution in [0, 0.1) is 0 Å². The Morgan fingerprint density at radius 3 is 2.40 bits per heavy atom. The molecule has 1 aromatic carbocycles. The van der Waals surface area contributed by atoms with Crippen LogP contribution in [-0.2, 0) is 9.59 Å². The number of nitrogens with one attached hydrogen (secondary N) is 1. The van der Waals surface area contributed by atoms with Gasteiger partial charge < -0.3 is 0 Å². The monoisotopic (exact) mass is 221 g/mol. The Kier molecular flexibility index (Phi) is 2.56. The van der Waals surface area contributed by atoms with Gasteiger partial charge in [0.2, 0.25) is 5.91 Å². The summed E-state index contributed by atoms with van der Waals surface area (Å²) in [6.45, 7) is 0. The third-order valence-corrected chi connectivity index (χ3v) is 2.60. The molecule has 0 radical (unpaired) electrons. The van der Waals surface area contributed by atoms with Crippen LogP contribution in [0.5, 0.6) is 0 Å². The molecule has 0 aliphatic carbocycles. The highest BCUT2D eigenvalue weighted by Crippen LogP contribution is 2.27. The molecular weight excluding hydrogens is 214 g/mol. The van der Waals surface area contributed by atoms with Crippen LogP contribution >= 0.6 is 11.6 Å². The van der Waals surface area contributed by atoms with Gasteiger partial charge in [-0.25, -0.2) is 0 Å². The largest absolute Gasteiger partial charge is 0.292 e. The van der Waals surface area contributed by atoms with Crippen molar-refractivity contribution in [2.45, 2.75) is 6.42 Å². The van der Waals surface area contributed by atoms with Gasteiger partial charge in [-0.05, 0) is 5.56 Å². The zero-order valence-corrected chi connectivity index (χ0v) is 8.54. The lowest BCUT2D eigenvalue weighted by atomic mass is 10.1. The van der Waals surface area contributed by atoms with Gasteiger partial charge in [0.15, 0.2) is 0 Å². The summed E-state index contributed by atoms with van der Waals surface area (Å²) in [6, 6.07) is 9.11. The van der Waals surface area contributed by atoms with E-state index in [0.717, 1.165) is 5.56 Å². The summed E-state index contributed by atoms with van der Waals surface area (Å²) in [5.41, 5.74) is 1.09. The fourth-order valence-corrected chi connectivity index (χ4v) is 1.70. The molecule has 2 rings (SSSR count). The highest BCUT2D eigenvalue weighted by Gasteiger charge is 2.27. The molecule has 2 amide bonds. The maximum atomic E-state index is 11.3. The molecule has 76 valence electrons. The van der Waals surface area contributed by atoms with E-state index in [0.29, 0.717) is 10.6 Å². The molecule has 3 nitrogen and oxygen atoms in total. The molecular formula is C11H8ClNO2. The summed E-state index contributed by atoms with van der Waals surface area (Å²) in [5, 5.41) is 2.54. The van der Waals surface area contributed by atoms with Crippen molar-refractivity contribution in [3.63, 3.8) is 0 Å². The fraction of sp³-hybridized carbons (Fsp3) is 0.0909. The highest BCUT2D eigenvalue weighted by molar-refractivity contribution is 6.51. The number of hydrogen-bond donors (Lipinski definition) is 1. The van der Waals surface area contributed by atoms with Gasteiger partial charge in [-0.1, -0.05) is 41.9 Å². The molecule has 1 aliphatic rings. The third kappa shape index (κ3) is 1.92. The number of carbonyl (C=O) groups excluding carboxylic acids is 2. The Morgan fingerprint density at radius 1 is 1.20 bits per heavy atom. The van der Waals surface area contributed by atoms with E-state index in [4.69, 9.17) is 11.6 Å².